The van der Waals surface area contributed by atoms with E-state index in [0.29, 0.717) is 22.7 Å². The lowest BCUT2D eigenvalue weighted by atomic mass is 10.0. The van der Waals surface area contributed by atoms with Crippen LogP contribution in [0.2, 0.25) is 5.02 Å². The van der Waals surface area contributed by atoms with Gasteiger partial charge in [0.05, 0.1) is 11.5 Å². The Balaban J connectivity index is 1.66. The van der Waals surface area contributed by atoms with Crippen LogP contribution in [0.5, 0.6) is 0 Å². The number of carbonyl (C=O) groups excluding carboxylic acids is 1. The lowest BCUT2D eigenvalue weighted by Crippen LogP contribution is -2.41. The first-order valence-corrected chi connectivity index (χ1v) is 9.42. The number of amides is 1. The lowest BCUT2D eigenvalue weighted by Gasteiger charge is -2.27. The Kier molecular flexibility index (Phi) is 6.26. The number of hydrogen-bond donors (Lipinski definition) is 0. The molecule has 1 aliphatic rings. The molecular weight excluding hydrogens is 385 g/mol. The smallest absolute Gasteiger partial charge is 0.269 e. The summed E-state index contributed by atoms with van der Waals surface area (Å²) in [5.74, 6) is -0.450. The van der Waals surface area contributed by atoms with Crippen molar-refractivity contribution in [3.05, 3.63) is 69.0 Å². The first kappa shape index (κ1) is 20.2. The number of likely N-dealkylation sites (tertiary alicyclic amines) is 1. The molecule has 3 rings (SSSR count). The molecule has 1 aliphatic heterocycles. The molecule has 0 bridgehead atoms. The maximum absolute atomic E-state index is 14.1. The minimum atomic E-state index is -0.478. The van der Waals surface area contributed by atoms with Gasteiger partial charge in [0.1, 0.15) is 5.82 Å². The molecule has 6 nitrogen and oxygen atoms in total. The Morgan fingerprint density at radius 1 is 1.32 bits per heavy atom. The Morgan fingerprint density at radius 3 is 2.68 bits per heavy atom. The van der Waals surface area contributed by atoms with Gasteiger partial charge in [0.15, 0.2) is 0 Å². The van der Waals surface area contributed by atoms with Crippen molar-refractivity contribution in [2.75, 3.05) is 25.0 Å². The maximum atomic E-state index is 14.1. The summed E-state index contributed by atoms with van der Waals surface area (Å²) >= 11 is 6.15. The van der Waals surface area contributed by atoms with Gasteiger partial charge in [-0.3, -0.25) is 19.8 Å². The highest BCUT2D eigenvalue weighted by atomic mass is 35.5. The largest absolute Gasteiger partial charge is 0.314 e. The van der Waals surface area contributed by atoms with E-state index in [1.54, 1.807) is 31.3 Å². The maximum Gasteiger partial charge on any atom is 0.269 e. The van der Waals surface area contributed by atoms with Crippen molar-refractivity contribution in [2.24, 2.45) is 0 Å². The van der Waals surface area contributed by atoms with Crippen LogP contribution in [0.1, 0.15) is 18.4 Å². The number of nitrogens with zero attached hydrogens (tertiary/aromatic N) is 3. The van der Waals surface area contributed by atoms with E-state index in [4.69, 9.17) is 11.6 Å². The summed E-state index contributed by atoms with van der Waals surface area (Å²) in [6, 6.07) is 10.5. The molecule has 0 aliphatic carbocycles. The zero-order valence-electron chi connectivity index (χ0n) is 15.5. The average molecular weight is 406 g/mol. The fraction of sp³-hybridized carbons (Fsp3) is 0.350. The van der Waals surface area contributed by atoms with Gasteiger partial charge in [-0.25, -0.2) is 4.39 Å². The number of nitro groups is 1. The van der Waals surface area contributed by atoms with Crippen molar-refractivity contribution in [3.8, 4) is 0 Å². The van der Waals surface area contributed by atoms with Crippen LogP contribution in [0, 0.1) is 15.9 Å². The van der Waals surface area contributed by atoms with Crippen LogP contribution in [-0.2, 0) is 11.2 Å². The van der Waals surface area contributed by atoms with E-state index in [-0.39, 0.29) is 30.0 Å². The van der Waals surface area contributed by atoms with E-state index in [9.17, 15) is 19.3 Å². The van der Waals surface area contributed by atoms with E-state index < -0.39 is 4.92 Å². The predicted octanol–water partition coefficient (Wildman–Crippen LogP) is 4.06. The van der Waals surface area contributed by atoms with Crippen LogP contribution < -0.4 is 4.90 Å². The van der Waals surface area contributed by atoms with Crippen LogP contribution in [0.4, 0.5) is 15.8 Å². The van der Waals surface area contributed by atoms with Gasteiger partial charge in [-0.15, -0.1) is 0 Å². The summed E-state index contributed by atoms with van der Waals surface area (Å²) in [4.78, 5) is 26.5. The second kappa shape index (κ2) is 8.67. The molecule has 1 fully saturated rings. The summed E-state index contributed by atoms with van der Waals surface area (Å²) in [6.45, 7) is 0.959. The fourth-order valence-corrected chi connectivity index (χ4v) is 3.76. The number of rotatable bonds is 6. The van der Waals surface area contributed by atoms with Gasteiger partial charge in [0, 0.05) is 41.5 Å². The molecule has 1 saturated heterocycles. The first-order valence-electron chi connectivity index (χ1n) is 9.04. The van der Waals surface area contributed by atoms with Crippen molar-refractivity contribution >= 4 is 28.9 Å². The minimum Gasteiger partial charge on any atom is -0.314 e. The highest BCUT2D eigenvalue weighted by Gasteiger charge is 2.29. The van der Waals surface area contributed by atoms with Gasteiger partial charge in [0.2, 0.25) is 5.91 Å². The number of halogens is 2. The van der Waals surface area contributed by atoms with Gasteiger partial charge in [-0.2, -0.15) is 0 Å². The van der Waals surface area contributed by atoms with E-state index in [1.807, 2.05) is 4.90 Å². The first-order chi connectivity index (χ1) is 13.4. The zero-order chi connectivity index (χ0) is 20.3. The van der Waals surface area contributed by atoms with Crippen LogP contribution in [0.25, 0.3) is 0 Å². The van der Waals surface area contributed by atoms with Crippen LogP contribution >= 0.6 is 11.6 Å². The highest BCUT2D eigenvalue weighted by Crippen LogP contribution is 2.27. The SMILES string of the molecule is CN(C(=O)CN1CCC[C@H]1Cc1c(F)cccc1Cl)c1ccc([N+](=O)[O-])cc1. The van der Waals surface area contributed by atoms with E-state index in [0.717, 1.165) is 19.4 Å². The topological polar surface area (TPSA) is 66.7 Å². The van der Waals surface area contributed by atoms with E-state index in [2.05, 4.69) is 0 Å². The fourth-order valence-electron chi connectivity index (χ4n) is 3.52. The summed E-state index contributed by atoms with van der Waals surface area (Å²) in [5.41, 5.74) is 1.05. The molecule has 1 amide bonds. The molecule has 148 valence electrons. The van der Waals surface area contributed by atoms with E-state index in [1.165, 1.54) is 23.1 Å². The molecule has 2 aromatic carbocycles. The Hall–Kier alpha value is -2.51. The lowest BCUT2D eigenvalue weighted by molar-refractivity contribution is -0.384. The summed E-state index contributed by atoms with van der Waals surface area (Å²) < 4.78 is 14.1. The number of anilines is 1. The zero-order valence-corrected chi connectivity index (χ0v) is 16.2. The number of carbonyl (C=O) groups is 1. The molecule has 0 unspecified atom stereocenters. The average Bonchev–Trinajstić information content (AvgIpc) is 3.11. The van der Waals surface area contributed by atoms with Crippen LogP contribution in [0.15, 0.2) is 42.5 Å². The third-order valence-corrected chi connectivity index (χ3v) is 5.51. The number of benzene rings is 2. The number of hydrogen-bond acceptors (Lipinski definition) is 4. The normalized spacial score (nSPS) is 16.9. The molecule has 0 N–H and O–H groups in total. The molecule has 1 heterocycles. The second-order valence-electron chi connectivity index (χ2n) is 6.90. The molecule has 0 spiro atoms. The molecule has 0 radical (unpaired) electrons. The van der Waals surface area contributed by atoms with Crippen LogP contribution in [0.3, 0.4) is 0 Å². The van der Waals surface area contributed by atoms with Crippen molar-refractivity contribution in [2.45, 2.75) is 25.3 Å². The quantitative estimate of drug-likeness (QED) is 0.537. The summed E-state index contributed by atoms with van der Waals surface area (Å²) in [6.07, 6.45) is 2.27. The van der Waals surface area contributed by atoms with Crippen LogP contribution in [-0.4, -0.2) is 41.9 Å². The van der Waals surface area contributed by atoms with Gasteiger partial charge in [-0.05, 0) is 50.1 Å². The Bertz CT molecular complexity index is 855. The summed E-state index contributed by atoms with van der Waals surface area (Å²) in [7, 11) is 1.64. The molecule has 8 heteroatoms. The van der Waals surface area contributed by atoms with Crippen molar-refractivity contribution in [1.82, 2.24) is 4.90 Å². The van der Waals surface area contributed by atoms with Gasteiger partial charge < -0.3 is 4.90 Å². The van der Waals surface area contributed by atoms with Gasteiger partial charge >= 0.3 is 0 Å². The second-order valence-corrected chi connectivity index (χ2v) is 7.30. The standard InChI is InChI=1S/C20H21ClFN3O3/c1-23(14-7-9-15(10-8-14)25(27)28)20(26)13-24-11-3-4-16(24)12-17-18(21)5-2-6-19(17)22/h2,5-10,16H,3-4,11-13H2,1H3/t16-/m0/s1. The highest BCUT2D eigenvalue weighted by molar-refractivity contribution is 6.31. The van der Waals surface area contributed by atoms with E-state index >= 15 is 0 Å². The molecule has 0 aromatic heterocycles. The molecule has 0 saturated carbocycles. The number of nitro benzene ring substituents is 1. The third-order valence-electron chi connectivity index (χ3n) is 5.16. The third kappa shape index (κ3) is 4.48. The monoisotopic (exact) mass is 405 g/mol. The van der Waals surface area contributed by atoms with Gasteiger partial charge in [0.25, 0.3) is 5.69 Å². The molecule has 2 aromatic rings. The molecular formula is C20H21ClFN3O3. The Labute approximate surface area is 167 Å². The minimum absolute atomic E-state index is 0.0222. The van der Waals surface area contributed by atoms with Crippen molar-refractivity contribution in [1.29, 1.82) is 0 Å². The van der Waals surface area contributed by atoms with Crippen molar-refractivity contribution < 1.29 is 14.1 Å². The molecule has 28 heavy (non-hydrogen) atoms. The Morgan fingerprint density at radius 2 is 2.04 bits per heavy atom. The van der Waals surface area contributed by atoms with Gasteiger partial charge in [-0.1, -0.05) is 17.7 Å². The summed E-state index contributed by atoms with van der Waals surface area (Å²) in [5, 5.41) is 11.2. The number of non-ortho nitro benzene ring substituents is 1. The van der Waals surface area contributed by atoms with Crippen molar-refractivity contribution in [3.63, 3.8) is 0 Å². The molecule has 1 atom stereocenters. The number of likely N-dealkylation sites (N-methyl/N-ethyl adjacent to an activating group) is 1. The predicted molar refractivity (Wildman–Crippen MR) is 106 cm³/mol.